The molecular weight excluding hydrogens is 386 g/mol. The van der Waals surface area contributed by atoms with Crippen molar-refractivity contribution in [3.8, 4) is 17.0 Å². The summed E-state index contributed by atoms with van der Waals surface area (Å²) in [7, 11) is 1.66. The molecule has 1 atom stereocenters. The zero-order valence-corrected chi connectivity index (χ0v) is 17.5. The molecule has 1 aliphatic heterocycles. The highest BCUT2D eigenvalue weighted by Crippen LogP contribution is 2.41. The number of esters is 1. The smallest absolute Gasteiger partial charge is 0.343 e. The van der Waals surface area contributed by atoms with Crippen LogP contribution in [-0.2, 0) is 17.6 Å². The number of carbonyl (C=O) groups is 1. The van der Waals surface area contributed by atoms with Gasteiger partial charge in [-0.3, -0.25) is 4.79 Å². The number of benzene rings is 1. The molecule has 1 aromatic carbocycles. The lowest BCUT2D eigenvalue weighted by atomic mass is 9.89. The minimum Gasteiger partial charge on any atom is -0.496 e. The third-order valence-electron chi connectivity index (χ3n) is 5.36. The molecule has 29 heavy (non-hydrogen) atoms. The number of hydrogen-bond acceptors (Lipinski definition) is 5. The number of ether oxygens (including phenoxy) is 2. The predicted molar refractivity (Wildman–Crippen MR) is 114 cm³/mol. The Hall–Kier alpha value is -2.86. The lowest BCUT2D eigenvalue weighted by Crippen LogP contribution is -2.26. The summed E-state index contributed by atoms with van der Waals surface area (Å²) in [5.41, 5.74) is 3.84. The van der Waals surface area contributed by atoms with Gasteiger partial charge in [-0.1, -0.05) is 19.1 Å². The van der Waals surface area contributed by atoms with Crippen molar-refractivity contribution < 1.29 is 14.3 Å². The predicted octanol–water partition coefficient (Wildman–Crippen LogP) is 4.47. The maximum atomic E-state index is 12.7. The first kappa shape index (κ1) is 19.5. The molecular formula is C23H23NO4S. The Balaban J connectivity index is 1.96. The lowest BCUT2D eigenvalue weighted by Gasteiger charge is -2.31. The third kappa shape index (κ3) is 3.38. The van der Waals surface area contributed by atoms with E-state index in [2.05, 4.69) is 19.1 Å². The number of carbonyl (C=O) groups excluding carboxylic acids is 1. The molecule has 1 aliphatic rings. The third-order valence-corrected chi connectivity index (χ3v) is 6.33. The van der Waals surface area contributed by atoms with Crippen molar-refractivity contribution in [1.29, 1.82) is 0 Å². The van der Waals surface area contributed by atoms with Crippen LogP contribution in [0.15, 0.2) is 46.7 Å². The second-order valence-electron chi connectivity index (χ2n) is 6.97. The summed E-state index contributed by atoms with van der Waals surface area (Å²) in [5, 5.41) is 2.05. The standard InChI is InChI=1S/C23H23NO4S/c1-4-14-9-15-10-19(22-7-6-8-29-22)24-13-17(23(26)28-5-2)20(25)12-18(24)16(15)11-21(14)27-3/h6-9,11-13,19H,4-5,10H2,1-3H3. The summed E-state index contributed by atoms with van der Waals surface area (Å²) >= 11 is 1.67. The van der Waals surface area contributed by atoms with Gasteiger partial charge in [0.25, 0.3) is 0 Å². The fraction of sp³-hybridized carbons (Fsp3) is 0.304. The molecule has 0 fully saturated rings. The maximum absolute atomic E-state index is 12.7. The first-order valence-electron chi connectivity index (χ1n) is 9.74. The van der Waals surface area contributed by atoms with Crippen molar-refractivity contribution >= 4 is 17.3 Å². The van der Waals surface area contributed by atoms with Crippen molar-refractivity contribution in [2.45, 2.75) is 32.7 Å². The number of aromatic nitrogens is 1. The Morgan fingerprint density at radius 2 is 2.10 bits per heavy atom. The first-order chi connectivity index (χ1) is 14.1. The van der Waals surface area contributed by atoms with E-state index < -0.39 is 5.97 Å². The van der Waals surface area contributed by atoms with Crippen LogP contribution in [0.25, 0.3) is 11.3 Å². The van der Waals surface area contributed by atoms with E-state index in [1.54, 1.807) is 37.6 Å². The number of methoxy groups -OCH3 is 1. The van der Waals surface area contributed by atoms with Crippen LogP contribution in [0.4, 0.5) is 0 Å². The zero-order valence-electron chi connectivity index (χ0n) is 16.7. The van der Waals surface area contributed by atoms with E-state index in [0.29, 0.717) is 0 Å². The number of aryl methyl sites for hydroxylation is 1. The molecule has 0 N–H and O–H groups in total. The van der Waals surface area contributed by atoms with Crippen molar-refractivity contribution in [1.82, 2.24) is 4.57 Å². The maximum Gasteiger partial charge on any atom is 0.343 e. The number of pyridine rings is 1. The average molecular weight is 410 g/mol. The van der Waals surface area contributed by atoms with Crippen molar-refractivity contribution in [2.24, 2.45) is 0 Å². The van der Waals surface area contributed by atoms with E-state index in [9.17, 15) is 9.59 Å². The number of nitrogens with zero attached hydrogens (tertiary/aromatic N) is 1. The van der Waals surface area contributed by atoms with Crippen molar-refractivity contribution in [2.75, 3.05) is 13.7 Å². The Bertz CT molecular complexity index is 1110. The SMILES string of the molecule is CCOC(=O)c1cn2c(cc1=O)-c1cc(OC)c(CC)cc1CC2c1cccs1. The molecule has 3 heterocycles. The fourth-order valence-corrected chi connectivity index (χ4v) is 4.79. The molecule has 0 amide bonds. The molecule has 4 rings (SSSR count). The Labute approximate surface area is 173 Å². The zero-order chi connectivity index (χ0) is 20.5. The van der Waals surface area contributed by atoms with Gasteiger partial charge in [0, 0.05) is 22.7 Å². The number of rotatable bonds is 5. The van der Waals surface area contributed by atoms with Gasteiger partial charge in [-0.05, 0) is 48.4 Å². The van der Waals surface area contributed by atoms with E-state index in [4.69, 9.17) is 9.47 Å². The Morgan fingerprint density at radius 1 is 1.28 bits per heavy atom. The van der Waals surface area contributed by atoms with Gasteiger partial charge in [-0.25, -0.2) is 4.79 Å². The van der Waals surface area contributed by atoms with Gasteiger partial charge < -0.3 is 14.0 Å². The molecule has 1 unspecified atom stereocenters. The number of thiophene rings is 1. The quantitative estimate of drug-likeness (QED) is 0.584. The van der Waals surface area contributed by atoms with Crippen LogP contribution in [0.3, 0.4) is 0 Å². The molecule has 0 radical (unpaired) electrons. The van der Waals surface area contributed by atoms with E-state index in [1.807, 2.05) is 22.1 Å². The normalized spacial score (nSPS) is 14.8. The van der Waals surface area contributed by atoms with Crippen LogP contribution in [0.2, 0.25) is 0 Å². The van der Waals surface area contributed by atoms with Crippen LogP contribution in [0.5, 0.6) is 5.75 Å². The molecule has 0 spiro atoms. The molecule has 5 nitrogen and oxygen atoms in total. The number of fused-ring (bicyclic) bond motifs is 3. The molecule has 2 aromatic heterocycles. The molecule has 0 saturated heterocycles. The topological polar surface area (TPSA) is 57.5 Å². The Kier molecular flexibility index (Phi) is 5.28. The summed E-state index contributed by atoms with van der Waals surface area (Å²) in [4.78, 5) is 26.3. The van der Waals surface area contributed by atoms with E-state index in [-0.39, 0.29) is 23.6 Å². The molecule has 3 aromatic rings. The van der Waals surface area contributed by atoms with Gasteiger partial charge in [0.1, 0.15) is 11.3 Å². The average Bonchev–Trinajstić information content (AvgIpc) is 3.26. The Morgan fingerprint density at radius 3 is 2.76 bits per heavy atom. The van der Waals surface area contributed by atoms with Gasteiger partial charge >= 0.3 is 5.97 Å². The van der Waals surface area contributed by atoms with Gasteiger partial charge in [0.15, 0.2) is 5.43 Å². The second kappa shape index (κ2) is 7.87. The van der Waals surface area contributed by atoms with Crippen molar-refractivity contribution in [3.63, 3.8) is 0 Å². The van der Waals surface area contributed by atoms with Gasteiger partial charge in [-0.2, -0.15) is 0 Å². The molecule has 0 bridgehead atoms. The number of hydrogen-bond donors (Lipinski definition) is 0. The molecule has 0 aliphatic carbocycles. The minimum atomic E-state index is -0.581. The van der Waals surface area contributed by atoms with Gasteiger partial charge in [0.05, 0.1) is 25.5 Å². The van der Waals surface area contributed by atoms with E-state index >= 15 is 0 Å². The highest BCUT2D eigenvalue weighted by atomic mass is 32.1. The molecule has 0 saturated carbocycles. The summed E-state index contributed by atoms with van der Waals surface area (Å²) < 4.78 is 12.7. The van der Waals surface area contributed by atoms with Crippen LogP contribution in [0, 0.1) is 0 Å². The van der Waals surface area contributed by atoms with Crippen LogP contribution >= 0.6 is 11.3 Å². The molecule has 150 valence electrons. The van der Waals surface area contributed by atoms with E-state index in [1.165, 1.54) is 10.4 Å². The second-order valence-corrected chi connectivity index (χ2v) is 7.95. The van der Waals surface area contributed by atoms with Crippen LogP contribution in [-0.4, -0.2) is 24.3 Å². The van der Waals surface area contributed by atoms with Crippen molar-refractivity contribution in [3.05, 3.63) is 73.7 Å². The van der Waals surface area contributed by atoms with Crippen LogP contribution < -0.4 is 10.2 Å². The van der Waals surface area contributed by atoms with Crippen LogP contribution in [0.1, 0.15) is 46.3 Å². The molecule has 6 heteroatoms. The largest absolute Gasteiger partial charge is 0.496 e. The lowest BCUT2D eigenvalue weighted by molar-refractivity contribution is 0.0523. The fourth-order valence-electron chi connectivity index (χ4n) is 3.96. The highest BCUT2D eigenvalue weighted by Gasteiger charge is 2.29. The first-order valence-corrected chi connectivity index (χ1v) is 10.6. The summed E-state index contributed by atoms with van der Waals surface area (Å²) in [6.45, 7) is 4.07. The summed E-state index contributed by atoms with van der Waals surface area (Å²) in [6.07, 6.45) is 3.31. The van der Waals surface area contributed by atoms with Gasteiger partial charge in [0.2, 0.25) is 0 Å². The highest BCUT2D eigenvalue weighted by molar-refractivity contribution is 7.10. The summed E-state index contributed by atoms with van der Waals surface area (Å²) in [6, 6.07) is 9.88. The minimum absolute atomic E-state index is 0.0179. The monoisotopic (exact) mass is 409 g/mol. The van der Waals surface area contributed by atoms with E-state index in [0.717, 1.165) is 35.4 Å². The summed E-state index contributed by atoms with van der Waals surface area (Å²) in [5.74, 6) is 0.233. The van der Waals surface area contributed by atoms with Gasteiger partial charge in [-0.15, -0.1) is 11.3 Å².